The van der Waals surface area contributed by atoms with E-state index < -0.39 is 0 Å². The van der Waals surface area contributed by atoms with Crippen LogP contribution in [0, 0.1) is 6.20 Å². The minimum Gasteiger partial charge on any atom is -0.376 e. The standard InChI is InChI=1S/C8H10BrN2.Y/c1-3-6(2)7-4-10-5-11-8(7)9;/h5-6H,3H2,1-2H3;/q-1;/t6-;/m1./s1. The zero-order valence-electron chi connectivity index (χ0n) is 7.21. The summed E-state index contributed by atoms with van der Waals surface area (Å²) in [5, 5.41) is 0. The van der Waals surface area contributed by atoms with Crippen LogP contribution in [0.2, 0.25) is 0 Å². The van der Waals surface area contributed by atoms with Crippen LogP contribution in [-0.4, -0.2) is 9.97 Å². The maximum absolute atomic E-state index is 4.02. The SMILES string of the molecule is CC[C@@H](C)c1[c-]ncnc1Br.[Y]. The first-order chi connectivity index (χ1) is 5.25. The van der Waals surface area contributed by atoms with Crippen molar-refractivity contribution in [2.24, 2.45) is 0 Å². The van der Waals surface area contributed by atoms with Gasteiger partial charge in [0, 0.05) is 39.0 Å². The van der Waals surface area contributed by atoms with Gasteiger partial charge in [-0.15, -0.1) is 21.5 Å². The van der Waals surface area contributed by atoms with E-state index in [0.717, 1.165) is 16.6 Å². The van der Waals surface area contributed by atoms with E-state index in [4.69, 9.17) is 0 Å². The van der Waals surface area contributed by atoms with Crippen LogP contribution in [0.4, 0.5) is 0 Å². The molecule has 0 saturated heterocycles. The molecule has 12 heavy (non-hydrogen) atoms. The van der Waals surface area contributed by atoms with Gasteiger partial charge in [0.1, 0.15) is 0 Å². The molecular weight excluding hydrogens is 293 g/mol. The van der Waals surface area contributed by atoms with Crippen LogP contribution in [0.15, 0.2) is 10.9 Å². The summed E-state index contributed by atoms with van der Waals surface area (Å²) >= 11 is 3.36. The molecule has 0 aliphatic heterocycles. The molecule has 1 radical (unpaired) electrons. The van der Waals surface area contributed by atoms with Crippen molar-refractivity contribution in [3.05, 3.63) is 22.7 Å². The third-order valence-corrected chi connectivity index (χ3v) is 2.37. The summed E-state index contributed by atoms with van der Waals surface area (Å²) in [4.78, 5) is 7.87. The number of nitrogens with zero attached hydrogens (tertiary/aromatic N) is 2. The zero-order valence-corrected chi connectivity index (χ0v) is 11.6. The van der Waals surface area contributed by atoms with Crippen molar-refractivity contribution >= 4 is 15.9 Å². The van der Waals surface area contributed by atoms with Crippen molar-refractivity contribution in [1.82, 2.24) is 9.97 Å². The van der Waals surface area contributed by atoms with Crippen LogP contribution in [0.3, 0.4) is 0 Å². The normalized spacial score (nSPS) is 11.9. The Labute approximate surface area is 107 Å². The fourth-order valence-electron chi connectivity index (χ4n) is 0.811. The quantitative estimate of drug-likeness (QED) is 0.620. The Morgan fingerprint density at radius 3 is 2.83 bits per heavy atom. The van der Waals surface area contributed by atoms with Crippen molar-refractivity contribution in [1.29, 1.82) is 0 Å². The van der Waals surface area contributed by atoms with Crippen molar-refractivity contribution < 1.29 is 32.7 Å². The van der Waals surface area contributed by atoms with Gasteiger partial charge < -0.3 is 9.97 Å². The van der Waals surface area contributed by atoms with Gasteiger partial charge in [-0.3, -0.25) is 0 Å². The van der Waals surface area contributed by atoms with E-state index in [9.17, 15) is 0 Å². The van der Waals surface area contributed by atoms with Crippen LogP contribution in [0.5, 0.6) is 0 Å². The monoisotopic (exact) mass is 302 g/mol. The summed E-state index contributed by atoms with van der Waals surface area (Å²) in [6.45, 7) is 4.28. The molecule has 0 saturated carbocycles. The maximum Gasteiger partial charge on any atom is 0.000579 e. The predicted molar refractivity (Wildman–Crippen MR) is 47.3 cm³/mol. The van der Waals surface area contributed by atoms with Gasteiger partial charge >= 0.3 is 0 Å². The molecule has 0 aromatic carbocycles. The summed E-state index contributed by atoms with van der Waals surface area (Å²) in [5.41, 5.74) is 1.06. The Morgan fingerprint density at radius 2 is 2.33 bits per heavy atom. The Morgan fingerprint density at radius 1 is 1.67 bits per heavy atom. The fourth-order valence-corrected chi connectivity index (χ4v) is 1.38. The smallest absolute Gasteiger partial charge is 0.000579 e. The molecule has 1 atom stereocenters. The van der Waals surface area contributed by atoms with Crippen molar-refractivity contribution in [3.63, 3.8) is 0 Å². The van der Waals surface area contributed by atoms with E-state index in [2.05, 4.69) is 45.9 Å². The summed E-state index contributed by atoms with van der Waals surface area (Å²) in [7, 11) is 0. The first-order valence-electron chi connectivity index (χ1n) is 3.63. The molecule has 0 bridgehead atoms. The van der Waals surface area contributed by atoms with Gasteiger partial charge in [-0.1, -0.05) is 26.5 Å². The minimum absolute atomic E-state index is 0. The van der Waals surface area contributed by atoms with E-state index in [-0.39, 0.29) is 32.7 Å². The van der Waals surface area contributed by atoms with Gasteiger partial charge in [-0.05, 0) is 10.5 Å². The zero-order chi connectivity index (χ0) is 8.27. The van der Waals surface area contributed by atoms with Crippen LogP contribution in [-0.2, 0) is 32.7 Å². The van der Waals surface area contributed by atoms with Crippen LogP contribution in [0.1, 0.15) is 31.7 Å². The van der Waals surface area contributed by atoms with Gasteiger partial charge in [-0.25, -0.2) is 0 Å². The van der Waals surface area contributed by atoms with E-state index in [1.165, 1.54) is 6.33 Å². The van der Waals surface area contributed by atoms with Crippen LogP contribution < -0.4 is 0 Å². The largest absolute Gasteiger partial charge is 0.376 e. The molecule has 4 heteroatoms. The second-order valence-corrected chi connectivity index (χ2v) is 3.25. The van der Waals surface area contributed by atoms with Crippen molar-refractivity contribution in [3.8, 4) is 0 Å². The summed E-state index contributed by atoms with van der Waals surface area (Å²) in [5.74, 6) is 0.477. The summed E-state index contributed by atoms with van der Waals surface area (Å²) in [6, 6.07) is 0. The minimum atomic E-state index is 0. The Bertz CT molecular complexity index is 242. The van der Waals surface area contributed by atoms with E-state index >= 15 is 0 Å². The third kappa shape index (κ3) is 3.19. The molecule has 0 aliphatic carbocycles. The molecule has 0 spiro atoms. The molecular formula is C8H10BrN2Y-. The number of halogens is 1. The molecule has 0 amide bonds. The molecule has 0 N–H and O–H groups in total. The Kier molecular flexibility index (Phi) is 6.51. The second-order valence-electron chi connectivity index (χ2n) is 2.50. The van der Waals surface area contributed by atoms with Crippen LogP contribution >= 0.6 is 15.9 Å². The third-order valence-electron chi connectivity index (χ3n) is 1.74. The predicted octanol–water partition coefficient (Wildman–Crippen LogP) is 2.55. The summed E-state index contributed by atoms with van der Waals surface area (Å²) in [6.07, 6.45) is 5.51. The molecule has 2 nitrogen and oxygen atoms in total. The molecule has 63 valence electrons. The fraction of sp³-hybridized carbons (Fsp3) is 0.500. The van der Waals surface area contributed by atoms with Gasteiger partial charge in [0.2, 0.25) is 0 Å². The number of hydrogen-bond donors (Lipinski definition) is 0. The van der Waals surface area contributed by atoms with Gasteiger partial charge in [-0.2, -0.15) is 0 Å². The van der Waals surface area contributed by atoms with Gasteiger partial charge in [0.05, 0.1) is 0 Å². The number of aromatic nitrogens is 2. The van der Waals surface area contributed by atoms with E-state index in [1.54, 1.807) is 0 Å². The van der Waals surface area contributed by atoms with Crippen molar-refractivity contribution in [2.45, 2.75) is 26.2 Å². The molecule has 1 aromatic heterocycles. The molecule has 1 aromatic rings. The first-order valence-corrected chi connectivity index (χ1v) is 4.43. The average molecular weight is 303 g/mol. The van der Waals surface area contributed by atoms with Crippen molar-refractivity contribution in [2.75, 3.05) is 0 Å². The topological polar surface area (TPSA) is 25.8 Å². The molecule has 0 aliphatic rings. The maximum atomic E-state index is 4.02. The second kappa shape index (κ2) is 6.17. The molecule has 1 heterocycles. The molecule has 1 rings (SSSR count). The average Bonchev–Trinajstić information content (AvgIpc) is 2.04. The van der Waals surface area contributed by atoms with Gasteiger partial charge in [0.25, 0.3) is 0 Å². The first kappa shape index (κ1) is 12.7. The van der Waals surface area contributed by atoms with E-state index in [0.29, 0.717) is 5.92 Å². The number of hydrogen-bond acceptors (Lipinski definition) is 2. The Balaban J connectivity index is 0.00000121. The van der Waals surface area contributed by atoms with Gasteiger partial charge in [0.15, 0.2) is 0 Å². The molecule has 0 unspecified atom stereocenters. The number of rotatable bonds is 2. The Hall–Kier alpha value is 0.664. The molecule has 0 fully saturated rings. The van der Waals surface area contributed by atoms with E-state index in [1.807, 2.05) is 0 Å². The summed E-state index contributed by atoms with van der Waals surface area (Å²) < 4.78 is 0.863. The van der Waals surface area contributed by atoms with Crippen LogP contribution in [0.25, 0.3) is 0 Å².